The van der Waals surface area contributed by atoms with E-state index in [1.54, 1.807) is 0 Å². The van der Waals surface area contributed by atoms with Crippen molar-refractivity contribution in [3.63, 3.8) is 0 Å². The monoisotopic (exact) mass is 349 g/mol. The first kappa shape index (κ1) is 17.7. The lowest BCUT2D eigenvalue weighted by Gasteiger charge is -2.44. The number of nitrogens with zero attached hydrogens (tertiary/aromatic N) is 3. The maximum Gasteiger partial charge on any atom is 0.0602 e. The molecule has 0 aliphatic carbocycles. The van der Waals surface area contributed by atoms with Crippen molar-refractivity contribution in [2.45, 2.75) is 24.9 Å². The van der Waals surface area contributed by atoms with Crippen LogP contribution in [-0.4, -0.2) is 67.1 Å². The van der Waals surface area contributed by atoms with Gasteiger partial charge in [0.25, 0.3) is 0 Å². The van der Waals surface area contributed by atoms with Gasteiger partial charge in [0, 0.05) is 32.2 Å². The van der Waals surface area contributed by atoms with E-state index in [0.29, 0.717) is 6.04 Å². The van der Waals surface area contributed by atoms with Crippen LogP contribution in [0.15, 0.2) is 60.7 Å². The Bertz CT molecular complexity index is 617. The van der Waals surface area contributed by atoms with Crippen molar-refractivity contribution in [3.8, 4) is 0 Å². The van der Waals surface area contributed by atoms with Gasteiger partial charge in [-0.1, -0.05) is 60.7 Å². The lowest BCUT2D eigenvalue weighted by Crippen LogP contribution is -2.53. The van der Waals surface area contributed by atoms with Crippen LogP contribution < -0.4 is 0 Å². The van der Waals surface area contributed by atoms with Gasteiger partial charge in [0.1, 0.15) is 0 Å². The number of hydrogen-bond donors (Lipinski definition) is 0. The third-order valence-corrected chi connectivity index (χ3v) is 6.15. The number of rotatable bonds is 4. The first-order valence-corrected chi connectivity index (χ1v) is 10.1. The van der Waals surface area contributed by atoms with Gasteiger partial charge in [0.2, 0.25) is 0 Å². The van der Waals surface area contributed by atoms with Crippen molar-refractivity contribution >= 4 is 0 Å². The molecule has 2 heterocycles. The highest BCUT2D eigenvalue weighted by atomic mass is 15.3. The fraction of sp³-hybridized carbons (Fsp3) is 0.478. The fourth-order valence-corrected chi connectivity index (χ4v) is 4.61. The third-order valence-electron chi connectivity index (χ3n) is 6.15. The Morgan fingerprint density at radius 3 is 1.69 bits per heavy atom. The van der Waals surface area contributed by atoms with Gasteiger partial charge in [-0.3, -0.25) is 9.80 Å². The summed E-state index contributed by atoms with van der Waals surface area (Å²) in [6, 6.07) is 23.2. The minimum absolute atomic E-state index is 0.372. The molecule has 0 N–H and O–H groups in total. The van der Waals surface area contributed by atoms with Crippen molar-refractivity contribution in [2.24, 2.45) is 0 Å². The zero-order chi connectivity index (χ0) is 17.8. The summed E-state index contributed by atoms with van der Waals surface area (Å²) in [4.78, 5) is 7.89. The van der Waals surface area contributed by atoms with Crippen LogP contribution >= 0.6 is 0 Å². The standard InChI is InChI=1S/C23H31N3/c1-24-14-12-22(13-15-24)25-16-18-26(19-17-25)23(20-8-4-2-5-9-20)21-10-6-3-7-11-21/h2-11,22-23H,12-19H2,1H3. The lowest BCUT2D eigenvalue weighted by molar-refractivity contribution is 0.0531. The fourth-order valence-electron chi connectivity index (χ4n) is 4.61. The molecule has 0 unspecified atom stereocenters. The molecule has 0 aromatic heterocycles. The second kappa shape index (κ2) is 8.34. The van der Waals surface area contributed by atoms with Crippen LogP contribution in [0.4, 0.5) is 0 Å². The molecule has 2 aliphatic rings. The molecular formula is C23H31N3. The van der Waals surface area contributed by atoms with Crippen molar-refractivity contribution < 1.29 is 0 Å². The Hall–Kier alpha value is -1.68. The quantitative estimate of drug-likeness (QED) is 0.837. The minimum atomic E-state index is 0.372. The first-order valence-electron chi connectivity index (χ1n) is 10.1. The molecule has 0 radical (unpaired) electrons. The summed E-state index contributed by atoms with van der Waals surface area (Å²) in [5.41, 5.74) is 2.82. The van der Waals surface area contributed by atoms with Crippen molar-refractivity contribution in [3.05, 3.63) is 71.8 Å². The summed E-state index contributed by atoms with van der Waals surface area (Å²) in [6.07, 6.45) is 2.66. The van der Waals surface area contributed by atoms with Crippen LogP contribution in [0.5, 0.6) is 0 Å². The zero-order valence-corrected chi connectivity index (χ0v) is 15.9. The Labute approximate surface area is 158 Å². The number of likely N-dealkylation sites (tertiary alicyclic amines) is 1. The predicted molar refractivity (Wildman–Crippen MR) is 108 cm³/mol. The summed E-state index contributed by atoms with van der Waals surface area (Å²) in [7, 11) is 2.25. The van der Waals surface area contributed by atoms with E-state index in [2.05, 4.69) is 82.4 Å². The van der Waals surface area contributed by atoms with Gasteiger partial charge in [0.05, 0.1) is 6.04 Å². The average Bonchev–Trinajstić information content (AvgIpc) is 2.71. The highest BCUT2D eigenvalue weighted by molar-refractivity contribution is 5.31. The summed E-state index contributed by atoms with van der Waals surface area (Å²) in [6.45, 7) is 7.21. The van der Waals surface area contributed by atoms with Gasteiger partial charge in [0.15, 0.2) is 0 Å². The second-order valence-corrected chi connectivity index (χ2v) is 7.83. The van der Waals surface area contributed by atoms with E-state index in [4.69, 9.17) is 0 Å². The van der Waals surface area contributed by atoms with Crippen LogP contribution in [0.1, 0.15) is 30.0 Å². The SMILES string of the molecule is CN1CCC(N2CCN(C(c3ccccc3)c3ccccc3)CC2)CC1. The molecule has 0 atom stereocenters. The highest BCUT2D eigenvalue weighted by Crippen LogP contribution is 2.30. The highest BCUT2D eigenvalue weighted by Gasteiger charge is 2.30. The number of piperidine rings is 1. The van der Waals surface area contributed by atoms with Gasteiger partial charge in [-0.2, -0.15) is 0 Å². The van der Waals surface area contributed by atoms with E-state index in [9.17, 15) is 0 Å². The van der Waals surface area contributed by atoms with Crippen molar-refractivity contribution in [1.82, 2.24) is 14.7 Å². The Kier molecular flexibility index (Phi) is 5.68. The molecule has 4 rings (SSSR count). The second-order valence-electron chi connectivity index (χ2n) is 7.83. The lowest BCUT2D eigenvalue weighted by atomic mass is 9.96. The molecule has 0 bridgehead atoms. The molecule has 0 spiro atoms. The summed E-state index contributed by atoms with van der Waals surface area (Å²) in [5.74, 6) is 0. The molecule has 2 saturated heterocycles. The molecule has 3 heteroatoms. The van der Waals surface area contributed by atoms with Crippen LogP contribution in [0, 0.1) is 0 Å². The molecule has 2 fully saturated rings. The number of benzene rings is 2. The topological polar surface area (TPSA) is 9.72 Å². The Morgan fingerprint density at radius 2 is 1.19 bits per heavy atom. The van der Waals surface area contributed by atoms with Gasteiger partial charge in [-0.15, -0.1) is 0 Å². The molecule has 2 aliphatic heterocycles. The normalized spacial score (nSPS) is 21.3. The number of hydrogen-bond acceptors (Lipinski definition) is 3. The molecule has 2 aromatic carbocycles. The smallest absolute Gasteiger partial charge is 0.0602 e. The van der Waals surface area contributed by atoms with E-state index >= 15 is 0 Å². The molecular weight excluding hydrogens is 318 g/mol. The largest absolute Gasteiger partial charge is 0.306 e. The maximum atomic E-state index is 2.75. The summed E-state index contributed by atoms with van der Waals surface area (Å²) >= 11 is 0. The van der Waals surface area contributed by atoms with Crippen LogP contribution in [0.3, 0.4) is 0 Å². The van der Waals surface area contributed by atoms with Crippen molar-refractivity contribution in [2.75, 3.05) is 46.3 Å². The van der Waals surface area contributed by atoms with Crippen LogP contribution in [0.2, 0.25) is 0 Å². The minimum Gasteiger partial charge on any atom is -0.306 e. The van der Waals surface area contributed by atoms with Gasteiger partial charge < -0.3 is 4.90 Å². The number of piperazine rings is 1. The average molecular weight is 350 g/mol. The van der Waals surface area contributed by atoms with Crippen LogP contribution in [-0.2, 0) is 0 Å². The Balaban J connectivity index is 1.46. The van der Waals surface area contributed by atoms with Gasteiger partial charge in [-0.25, -0.2) is 0 Å². The van der Waals surface area contributed by atoms with Gasteiger partial charge >= 0.3 is 0 Å². The first-order chi connectivity index (χ1) is 12.8. The maximum absolute atomic E-state index is 2.75. The van der Waals surface area contributed by atoms with E-state index < -0.39 is 0 Å². The van der Waals surface area contributed by atoms with Crippen LogP contribution in [0.25, 0.3) is 0 Å². The van der Waals surface area contributed by atoms with E-state index in [1.807, 2.05) is 0 Å². The Morgan fingerprint density at radius 1 is 0.692 bits per heavy atom. The molecule has 2 aromatic rings. The third kappa shape index (κ3) is 4.01. The van der Waals surface area contributed by atoms with E-state index in [1.165, 1.54) is 50.1 Å². The summed E-state index contributed by atoms with van der Waals surface area (Å²) in [5, 5.41) is 0. The molecule has 0 amide bonds. The zero-order valence-electron chi connectivity index (χ0n) is 15.9. The summed E-state index contributed by atoms with van der Waals surface area (Å²) < 4.78 is 0. The molecule has 0 saturated carbocycles. The van der Waals surface area contributed by atoms with E-state index in [-0.39, 0.29) is 0 Å². The van der Waals surface area contributed by atoms with E-state index in [0.717, 1.165) is 19.1 Å². The molecule has 3 nitrogen and oxygen atoms in total. The van der Waals surface area contributed by atoms with Gasteiger partial charge in [-0.05, 0) is 44.1 Å². The molecule has 138 valence electrons. The van der Waals surface area contributed by atoms with Crippen molar-refractivity contribution in [1.29, 1.82) is 0 Å². The predicted octanol–water partition coefficient (Wildman–Crippen LogP) is 3.49. The molecule has 26 heavy (non-hydrogen) atoms.